The maximum Gasteiger partial charge on any atom is 0.0745 e. The summed E-state index contributed by atoms with van der Waals surface area (Å²) in [6.07, 6.45) is 0.824. The number of H-pyrrole nitrogens is 1. The lowest BCUT2D eigenvalue weighted by molar-refractivity contribution is 1.01. The lowest BCUT2D eigenvalue weighted by atomic mass is 10.1. The van der Waals surface area contributed by atoms with E-state index in [1.807, 2.05) is 36.4 Å². The molecule has 1 heterocycles. The number of nitrogens with one attached hydrogen (secondary N) is 1. The number of hydrogen-bond acceptors (Lipinski definition) is 2. The Hall–Kier alpha value is -2.29. The van der Waals surface area contributed by atoms with Crippen LogP contribution in [0.25, 0.3) is 10.9 Å². The number of aromatic amines is 1. The van der Waals surface area contributed by atoms with Gasteiger partial charge in [-0.1, -0.05) is 30.3 Å². The first-order chi connectivity index (χ1) is 8.33. The van der Waals surface area contributed by atoms with Gasteiger partial charge in [0.2, 0.25) is 0 Å². The highest BCUT2D eigenvalue weighted by molar-refractivity contribution is 5.84. The van der Waals surface area contributed by atoms with Crippen molar-refractivity contribution >= 4 is 16.6 Å². The first kappa shape index (κ1) is 9.90. The molecule has 0 fully saturated rings. The van der Waals surface area contributed by atoms with Gasteiger partial charge in [-0.05, 0) is 23.8 Å². The molecule has 0 aliphatic rings. The summed E-state index contributed by atoms with van der Waals surface area (Å²) >= 11 is 0. The summed E-state index contributed by atoms with van der Waals surface area (Å²) in [5.41, 5.74) is 9.90. The molecule has 0 saturated heterocycles. The van der Waals surface area contributed by atoms with Crippen molar-refractivity contribution in [2.45, 2.75) is 6.42 Å². The van der Waals surface area contributed by atoms with Gasteiger partial charge in [0.1, 0.15) is 0 Å². The predicted octanol–water partition coefficient (Wildman–Crippen LogP) is 2.74. The zero-order chi connectivity index (χ0) is 11.7. The van der Waals surface area contributed by atoms with E-state index < -0.39 is 0 Å². The Kier molecular flexibility index (Phi) is 2.29. The maximum absolute atomic E-state index is 5.80. The minimum Gasteiger partial charge on any atom is -0.399 e. The first-order valence-electron chi connectivity index (χ1n) is 5.59. The van der Waals surface area contributed by atoms with E-state index in [1.165, 1.54) is 5.56 Å². The van der Waals surface area contributed by atoms with Gasteiger partial charge in [0.25, 0.3) is 0 Å². The van der Waals surface area contributed by atoms with Gasteiger partial charge in [-0.3, -0.25) is 5.10 Å². The second kappa shape index (κ2) is 3.94. The van der Waals surface area contributed by atoms with Crippen LogP contribution in [0.3, 0.4) is 0 Å². The Morgan fingerprint density at radius 3 is 2.71 bits per heavy atom. The number of anilines is 1. The fraction of sp³-hybridized carbons (Fsp3) is 0.0714. The molecule has 3 rings (SSSR count). The standard InChI is InChI=1S/C14H13N3/c15-11-6-7-13-12(9-11)14(17-16-13)8-10-4-2-1-3-5-10/h1-7,9H,8,15H2,(H,16,17). The quantitative estimate of drug-likeness (QED) is 0.656. The summed E-state index contributed by atoms with van der Waals surface area (Å²) in [5, 5.41) is 8.49. The Bertz CT molecular complexity index is 641. The number of benzene rings is 2. The number of nitrogen functional groups attached to an aromatic ring is 1. The first-order valence-corrected chi connectivity index (χ1v) is 5.59. The third-order valence-electron chi connectivity index (χ3n) is 2.88. The highest BCUT2D eigenvalue weighted by atomic mass is 15.1. The molecule has 0 amide bonds. The molecule has 0 atom stereocenters. The normalized spacial score (nSPS) is 10.8. The molecular weight excluding hydrogens is 210 g/mol. The number of rotatable bonds is 2. The topological polar surface area (TPSA) is 54.7 Å². The van der Waals surface area contributed by atoms with Crippen LogP contribution >= 0.6 is 0 Å². The number of nitrogens with two attached hydrogens (primary N) is 1. The van der Waals surface area contributed by atoms with Crippen LogP contribution in [0.1, 0.15) is 11.3 Å². The maximum atomic E-state index is 5.80. The Labute approximate surface area is 99.3 Å². The summed E-state index contributed by atoms with van der Waals surface area (Å²) in [6.45, 7) is 0. The van der Waals surface area contributed by atoms with Gasteiger partial charge in [-0.15, -0.1) is 0 Å². The van der Waals surface area contributed by atoms with Crippen LogP contribution in [-0.2, 0) is 6.42 Å². The summed E-state index contributed by atoms with van der Waals surface area (Å²) in [4.78, 5) is 0. The lowest BCUT2D eigenvalue weighted by Crippen LogP contribution is -1.89. The minimum atomic E-state index is 0.771. The average molecular weight is 223 g/mol. The van der Waals surface area contributed by atoms with Crippen molar-refractivity contribution in [2.24, 2.45) is 0 Å². The van der Waals surface area contributed by atoms with Crippen molar-refractivity contribution in [1.29, 1.82) is 0 Å². The van der Waals surface area contributed by atoms with E-state index in [0.29, 0.717) is 0 Å². The molecule has 2 aromatic carbocycles. The van der Waals surface area contributed by atoms with E-state index in [-0.39, 0.29) is 0 Å². The second-order valence-electron chi connectivity index (χ2n) is 4.14. The molecule has 3 N–H and O–H groups in total. The van der Waals surface area contributed by atoms with Gasteiger partial charge in [0, 0.05) is 17.5 Å². The summed E-state index contributed by atoms with van der Waals surface area (Å²) in [6, 6.07) is 16.1. The molecule has 0 radical (unpaired) electrons. The Balaban J connectivity index is 2.03. The largest absolute Gasteiger partial charge is 0.399 e. The summed E-state index contributed by atoms with van der Waals surface area (Å²) in [5.74, 6) is 0. The lowest BCUT2D eigenvalue weighted by Gasteiger charge is -1.99. The number of nitrogens with zero attached hydrogens (tertiary/aromatic N) is 1. The molecule has 3 aromatic rings. The third kappa shape index (κ3) is 1.87. The van der Waals surface area contributed by atoms with Crippen molar-refractivity contribution in [3.8, 4) is 0 Å². The molecule has 0 saturated carbocycles. The van der Waals surface area contributed by atoms with Crippen molar-refractivity contribution in [1.82, 2.24) is 10.2 Å². The smallest absolute Gasteiger partial charge is 0.0745 e. The molecule has 17 heavy (non-hydrogen) atoms. The number of aromatic nitrogens is 2. The molecule has 0 unspecified atom stereocenters. The van der Waals surface area contributed by atoms with Gasteiger partial charge in [-0.2, -0.15) is 5.10 Å². The van der Waals surface area contributed by atoms with Crippen LogP contribution < -0.4 is 5.73 Å². The zero-order valence-corrected chi connectivity index (χ0v) is 9.35. The van der Waals surface area contributed by atoms with E-state index in [4.69, 9.17) is 5.73 Å². The Morgan fingerprint density at radius 1 is 1.06 bits per heavy atom. The van der Waals surface area contributed by atoms with E-state index in [0.717, 1.165) is 28.7 Å². The van der Waals surface area contributed by atoms with Crippen LogP contribution in [0, 0.1) is 0 Å². The molecule has 3 heteroatoms. The minimum absolute atomic E-state index is 0.771. The molecule has 1 aromatic heterocycles. The second-order valence-corrected chi connectivity index (χ2v) is 4.14. The molecule has 3 nitrogen and oxygen atoms in total. The van der Waals surface area contributed by atoms with E-state index in [2.05, 4.69) is 22.3 Å². The van der Waals surface area contributed by atoms with Crippen molar-refractivity contribution < 1.29 is 0 Å². The average Bonchev–Trinajstić information content (AvgIpc) is 2.73. The van der Waals surface area contributed by atoms with E-state index in [1.54, 1.807) is 0 Å². The van der Waals surface area contributed by atoms with Crippen LogP contribution in [-0.4, -0.2) is 10.2 Å². The highest BCUT2D eigenvalue weighted by Crippen LogP contribution is 2.21. The SMILES string of the molecule is Nc1ccc2[nH]nc(Cc3ccccc3)c2c1. The molecule has 84 valence electrons. The molecular formula is C14H13N3. The number of hydrogen-bond donors (Lipinski definition) is 2. The van der Waals surface area contributed by atoms with Crippen molar-refractivity contribution in [3.63, 3.8) is 0 Å². The monoisotopic (exact) mass is 223 g/mol. The molecule has 0 aliphatic carbocycles. The summed E-state index contributed by atoms with van der Waals surface area (Å²) in [7, 11) is 0. The van der Waals surface area contributed by atoms with Crippen molar-refractivity contribution in [2.75, 3.05) is 5.73 Å². The van der Waals surface area contributed by atoms with Gasteiger partial charge >= 0.3 is 0 Å². The van der Waals surface area contributed by atoms with Crippen LogP contribution in [0.15, 0.2) is 48.5 Å². The van der Waals surface area contributed by atoms with Gasteiger partial charge in [0.05, 0.1) is 11.2 Å². The van der Waals surface area contributed by atoms with E-state index >= 15 is 0 Å². The fourth-order valence-corrected chi connectivity index (χ4v) is 2.01. The highest BCUT2D eigenvalue weighted by Gasteiger charge is 2.06. The summed E-state index contributed by atoms with van der Waals surface area (Å²) < 4.78 is 0. The molecule has 0 bridgehead atoms. The van der Waals surface area contributed by atoms with Gasteiger partial charge < -0.3 is 5.73 Å². The zero-order valence-electron chi connectivity index (χ0n) is 9.35. The third-order valence-corrected chi connectivity index (χ3v) is 2.88. The van der Waals surface area contributed by atoms with Crippen LogP contribution in [0.4, 0.5) is 5.69 Å². The Morgan fingerprint density at radius 2 is 1.88 bits per heavy atom. The van der Waals surface area contributed by atoms with Crippen molar-refractivity contribution in [3.05, 3.63) is 59.8 Å². The molecule has 0 aliphatic heterocycles. The van der Waals surface area contributed by atoms with Crippen LogP contribution in [0.2, 0.25) is 0 Å². The predicted molar refractivity (Wildman–Crippen MR) is 69.8 cm³/mol. The fourth-order valence-electron chi connectivity index (χ4n) is 2.01. The number of fused-ring (bicyclic) bond motifs is 1. The van der Waals surface area contributed by atoms with E-state index in [9.17, 15) is 0 Å². The molecule has 0 spiro atoms. The van der Waals surface area contributed by atoms with Crippen LogP contribution in [0.5, 0.6) is 0 Å². The van der Waals surface area contributed by atoms with Gasteiger partial charge in [-0.25, -0.2) is 0 Å². The van der Waals surface area contributed by atoms with Gasteiger partial charge in [0.15, 0.2) is 0 Å².